The lowest BCUT2D eigenvalue weighted by Crippen LogP contribution is -2.23. The zero-order valence-electron chi connectivity index (χ0n) is 9.42. The highest BCUT2D eigenvalue weighted by Gasteiger charge is 2.18. The van der Waals surface area contributed by atoms with Crippen molar-refractivity contribution >= 4 is 21.6 Å². The highest BCUT2D eigenvalue weighted by atomic mass is 35.5. The molecular weight excluding hydrogens is 278 g/mol. The maximum absolute atomic E-state index is 11.9. The van der Waals surface area contributed by atoms with Crippen molar-refractivity contribution in [2.45, 2.75) is 18.4 Å². The molecule has 0 fully saturated rings. The smallest absolute Gasteiger partial charge is 0.244 e. The van der Waals surface area contributed by atoms with Crippen LogP contribution < -0.4 is 4.72 Å². The minimum Gasteiger partial charge on any atom is -0.360 e. The summed E-state index contributed by atoms with van der Waals surface area (Å²) in [5.41, 5.74) is 0.684. The predicted molar refractivity (Wildman–Crippen MR) is 64.5 cm³/mol. The molecule has 0 saturated heterocycles. The Balaban J connectivity index is 2.16. The van der Waals surface area contributed by atoms with Crippen LogP contribution in [0, 0.1) is 6.92 Å². The molecule has 0 amide bonds. The van der Waals surface area contributed by atoms with Gasteiger partial charge in [0.15, 0.2) is 5.76 Å². The molecule has 2 aromatic heterocycles. The number of halogens is 1. The first-order valence-corrected chi connectivity index (χ1v) is 6.86. The molecule has 0 aliphatic heterocycles. The van der Waals surface area contributed by atoms with Crippen molar-refractivity contribution in [2.24, 2.45) is 0 Å². The van der Waals surface area contributed by atoms with Crippen molar-refractivity contribution in [3.8, 4) is 0 Å². The van der Waals surface area contributed by atoms with E-state index in [4.69, 9.17) is 16.1 Å². The van der Waals surface area contributed by atoms with Gasteiger partial charge in [-0.3, -0.25) is 4.98 Å². The lowest BCUT2D eigenvalue weighted by molar-refractivity contribution is 0.377. The summed E-state index contributed by atoms with van der Waals surface area (Å²) in [5.74, 6) is 0.427. The van der Waals surface area contributed by atoms with E-state index in [-0.39, 0.29) is 16.5 Å². The Morgan fingerprint density at radius 1 is 1.50 bits per heavy atom. The van der Waals surface area contributed by atoms with Crippen LogP contribution >= 0.6 is 11.6 Å². The van der Waals surface area contributed by atoms with Crippen LogP contribution in [0.2, 0.25) is 5.02 Å². The van der Waals surface area contributed by atoms with E-state index in [1.54, 1.807) is 13.0 Å². The van der Waals surface area contributed by atoms with Crippen molar-refractivity contribution in [3.05, 3.63) is 41.0 Å². The number of rotatable bonds is 4. The van der Waals surface area contributed by atoms with Crippen molar-refractivity contribution in [1.82, 2.24) is 14.9 Å². The summed E-state index contributed by atoms with van der Waals surface area (Å²) in [7, 11) is -3.71. The third kappa shape index (κ3) is 2.87. The van der Waals surface area contributed by atoms with Gasteiger partial charge < -0.3 is 4.52 Å². The number of hydrogen-bond acceptors (Lipinski definition) is 5. The number of nitrogens with zero attached hydrogens (tertiary/aromatic N) is 2. The molecule has 0 bridgehead atoms. The second-order valence-electron chi connectivity index (χ2n) is 3.57. The molecule has 6 nitrogen and oxygen atoms in total. The van der Waals surface area contributed by atoms with Gasteiger partial charge in [-0.15, -0.1) is 0 Å². The minimum atomic E-state index is -3.71. The summed E-state index contributed by atoms with van der Waals surface area (Å²) < 4.78 is 31.1. The first-order chi connectivity index (χ1) is 8.49. The van der Waals surface area contributed by atoms with Crippen molar-refractivity contribution in [2.75, 3.05) is 0 Å². The second-order valence-corrected chi connectivity index (χ2v) is 5.71. The van der Waals surface area contributed by atoms with E-state index in [1.807, 2.05) is 0 Å². The molecule has 8 heteroatoms. The van der Waals surface area contributed by atoms with Gasteiger partial charge in [0.25, 0.3) is 0 Å². The SMILES string of the molecule is Cc1cc(CNS(=O)(=O)c2cnccc2Cl)on1. The summed E-state index contributed by atoms with van der Waals surface area (Å²) in [5, 5.41) is 3.78. The maximum atomic E-state index is 11.9. The molecule has 0 aliphatic carbocycles. The molecule has 1 N–H and O–H groups in total. The number of nitrogens with one attached hydrogen (secondary N) is 1. The summed E-state index contributed by atoms with van der Waals surface area (Å²) in [6, 6.07) is 3.06. The van der Waals surface area contributed by atoms with Gasteiger partial charge >= 0.3 is 0 Å². The molecule has 96 valence electrons. The number of sulfonamides is 1. The monoisotopic (exact) mass is 287 g/mol. The molecule has 2 aromatic rings. The summed E-state index contributed by atoms with van der Waals surface area (Å²) in [4.78, 5) is 3.66. The van der Waals surface area contributed by atoms with Crippen LogP contribution in [0.15, 0.2) is 33.9 Å². The Morgan fingerprint density at radius 2 is 2.28 bits per heavy atom. The summed E-state index contributed by atoms with van der Waals surface area (Å²) >= 11 is 5.80. The molecule has 2 heterocycles. The fourth-order valence-corrected chi connectivity index (χ4v) is 2.73. The van der Waals surface area contributed by atoms with Crippen molar-refractivity contribution < 1.29 is 12.9 Å². The molecule has 0 radical (unpaired) electrons. The standard InChI is InChI=1S/C10H10ClN3O3S/c1-7-4-8(17-14-7)5-13-18(15,16)10-6-12-3-2-9(10)11/h2-4,6,13H,5H2,1H3. The highest BCUT2D eigenvalue weighted by Crippen LogP contribution is 2.19. The Labute approximate surface area is 109 Å². The van der Waals surface area contributed by atoms with Crippen LogP contribution in [-0.4, -0.2) is 18.6 Å². The Kier molecular flexibility index (Phi) is 3.65. The van der Waals surface area contributed by atoms with Gasteiger partial charge in [-0.2, -0.15) is 0 Å². The van der Waals surface area contributed by atoms with Crippen molar-refractivity contribution in [3.63, 3.8) is 0 Å². The van der Waals surface area contributed by atoms with Crippen LogP contribution in [0.3, 0.4) is 0 Å². The molecule has 0 atom stereocenters. The molecule has 0 aromatic carbocycles. The molecule has 18 heavy (non-hydrogen) atoms. The summed E-state index contributed by atoms with van der Waals surface area (Å²) in [6.07, 6.45) is 2.61. The average Bonchev–Trinajstić information content (AvgIpc) is 2.73. The fourth-order valence-electron chi connectivity index (χ4n) is 1.30. The number of aromatic nitrogens is 2. The van der Waals surface area contributed by atoms with Gasteiger partial charge in [-0.25, -0.2) is 13.1 Å². The van der Waals surface area contributed by atoms with E-state index >= 15 is 0 Å². The molecule has 0 saturated carbocycles. The molecule has 0 spiro atoms. The number of aryl methyl sites for hydroxylation is 1. The van der Waals surface area contributed by atoms with E-state index in [0.717, 1.165) is 0 Å². The van der Waals surface area contributed by atoms with E-state index in [2.05, 4.69) is 14.9 Å². The van der Waals surface area contributed by atoms with Gasteiger partial charge in [-0.1, -0.05) is 16.8 Å². The topological polar surface area (TPSA) is 85.1 Å². The normalized spacial score (nSPS) is 11.7. The second kappa shape index (κ2) is 5.05. The Hall–Kier alpha value is -1.44. The number of hydrogen-bond donors (Lipinski definition) is 1. The average molecular weight is 288 g/mol. The Morgan fingerprint density at radius 3 is 2.89 bits per heavy atom. The highest BCUT2D eigenvalue weighted by molar-refractivity contribution is 7.89. The van der Waals surface area contributed by atoms with Crippen LogP contribution in [0.25, 0.3) is 0 Å². The van der Waals surface area contributed by atoms with Gasteiger partial charge in [-0.05, 0) is 13.0 Å². The first-order valence-electron chi connectivity index (χ1n) is 5.00. The quantitative estimate of drug-likeness (QED) is 0.921. The van der Waals surface area contributed by atoms with Crippen LogP contribution in [0.5, 0.6) is 0 Å². The van der Waals surface area contributed by atoms with Crippen molar-refractivity contribution in [1.29, 1.82) is 0 Å². The van der Waals surface area contributed by atoms with E-state index in [9.17, 15) is 8.42 Å². The van der Waals surface area contributed by atoms with E-state index in [0.29, 0.717) is 11.5 Å². The van der Waals surface area contributed by atoms with Gasteiger partial charge in [0.05, 0.1) is 17.3 Å². The van der Waals surface area contributed by atoms with Gasteiger partial charge in [0, 0.05) is 18.5 Å². The van der Waals surface area contributed by atoms with Gasteiger partial charge in [0.2, 0.25) is 10.0 Å². The minimum absolute atomic E-state index is 0.00833. The van der Waals surface area contributed by atoms with E-state index < -0.39 is 10.0 Å². The van der Waals surface area contributed by atoms with Crippen LogP contribution in [0.1, 0.15) is 11.5 Å². The van der Waals surface area contributed by atoms with Gasteiger partial charge in [0.1, 0.15) is 4.90 Å². The summed E-state index contributed by atoms with van der Waals surface area (Å²) in [6.45, 7) is 1.76. The van der Waals surface area contributed by atoms with Crippen LogP contribution in [-0.2, 0) is 16.6 Å². The lowest BCUT2D eigenvalue weighted by atomic mass is 10.4. The molecule has 0 unspecified atom stereocenters. The third-order valence-electron chi connectivity index (χ3n) is 2.14. The largest absolute Gasteiger partial charge is 0.360 e. The Bertz CT molecular complexity index is 654. The van der Waals surface area contributed by atoms with Crippen LogP contribution in [0.4, 0.5) is 0 Å². The molecule has 2 rings (SSSR count). The maximum Gasteiger partial charge on any atom is 0.244 e. The zero-order valence-corrected chi connectivity index (χ0v) is 11.0. The lowest BCUT2D eigenvalue weighted by Gasteiger charge is -2.05. The zero-order chi connectivity index (χ0) is 13.2. The molecule has 0 aliphatic rings. The predicted octanol–water partition coefficient (Wildman–Crippen LogP) is 1.51. The third-order valence-corrected chi connectivity index (χ3v) is 4.01. The number of pyridine rings is 1. The first kappa shape index (κ1) is 13.0. The fraction of sp³-hybridized carbons (Fsp3) is 0.200. The molecular formula is C10H10ClN3O3S. The van der Waals surface area contributed by atoms with E-state index in [1.165, 1.54) is 18.5 Å².